The summed E-state index contributed by atoms with van der Waals surface area (Å²) in [6.07, 6.45) is 14.8. The number of carboxylic acid groups (broad SMARTS) is 1. The van der Waals surface area contributed by atoms with E-state index >= 15 is 0 Å². The number of hydrogen-bond acceptors (Lipinski definition) is 4. The van der Waals surface area contributed by atoms with Crippen LogP contribution < -0.4 is 0 Å². The van der Waals surface area contributed by atoms with Crippen LogP contribution in [0.3, 0.4) is 0 Å². The maximum absolute atomic E-state index is 10.5. The molecule has 0 aliphatic rings. The molecule has 0 spiro atoms. The lowest BCUT2D eigenvalue weighted by atomic mass is 10.1. The van der Waals surface area contributed by atoms with Crippen LogP contribution in [0.2, 0.25) is 0 Å². The van der Waals surface area contributed by atoms with E-state index in [0.717, 1.165) is 6.42 Å². The van der Waals surface area contributed by atoms with E-state index in [9.17, 15) is 9.59 Å². The molecular weight excluding hydrogens is 308 g/mol. The summed E-state index contributed by atoms with van der Waals surface area (Å²) >= 11 is 0. The van der Waals surface area contributed by atoms with Crippen LogP contribution in [0.4, 0.5) is 0 Å². The third-order valence-electron chi connectivity index (χ3n) is 3.66. The second kappa shape index (κ2) is 19.9. The average Bonchev–Trinajstić information content (AvgIpc) is 2.52. The summed E-state index contributed by atoms with van der Waals surface area (Å²) in [5, 5.41) is 15.8. The van der Waals surface area contributed by atoms with Crippen LogP contribution in [0.15, 0.2) is 0 Å². The Kier molecular flexibility index (Phi) is 20.9. The Hall–Kier alpha value is -1.10. The van der Waals surface area contributed by atoms with E-state index in [1.165, 1.54) is 84.5 Å². The van der Waals surface area contributed by atoms with Crippen molar-refractivity contribution in [1.29, 1.82) is 0 Å². The number of rotatable bonds is 14. The molecule has 0 saturated heterocycles. The Balaban J connectivity index is 0. The number of ether oxygens (including phenoxy) is 1. The van der Waals surface area contributed by atoms with Gasteiger partial charge in [-0.15, -0.1) is 0 Å². The summed E-state index contributed by atoms with van der Waals surface area (Å²) in [5.74, 6) is -1.34. The number of carbonyl (C=O) groups excluding carboxylic acids is 1. The lowest BCUT2D eigenvalue weighted by molar-refractivity contribution is -0.145. The highest BCUT2D eigenvalue weighted by molar-refractivity contribution is 5.71. The molecule has 1 unspecified atom stereocenters. The van der Waals surface area contributed by atoms with Crippen LogP contribution in [-0.4, -0.2) is 34.9 Å². The van der Waals surface area contributed by atoms with Crippen LogP contribution in [0, 0.1) is 0 Å². The smallest absolute Gasteiger partial charge is 0.332 e. The molecule has 0 rings (SSSR count). The van der Waals surface area contributed by atoms with Gasteiger partial charge in [0.15, 0.2) is 0 Å². The summed E-state index contributed by atoms with van der Waals surface area (Å²) in [6.45, 7) is 5.54. The number of unbranched alkanes of at least 4 members (excludes halogenated alkanes) is 11. The predicted molar refractivity (Wildman–Crippen MR) is 97.0 cm³/mol. The highest BCUT2D eigenvalue weighted by Crippen LogP contribution is 2.11. The second-order valence-corrected chi connectivity index (χ2v) is 6.24. The third-order valence-corrected chi connectivity index (χ3v) is 3.66. The zero-order chi connectivity index (χ0) is 18.6. The average molecular weight is 347 g/mol. The molecule has 1 atom stereocenters. The number of esters is 1. The Morgan fingerprint density at radius 1 is 0.833 bits per heavy atom. The van der Waals surface area contributed by atoms with Crippen LogP contribution in [0.1, 0.15) is 97.8 Å². The minimum absolute atomic E-state index is 0.155. The van der Waals surface area contributed by atoms with Gasteiger partial charge in [-0.3, -0.25) is 4.79 Å². The van der Waals surface area contributed by atoms with Gasteiger partial charge in [-0.05, 0) is 13.3 Å². The van der Waals surface area contributed by atoms with E-state index in [2.05, 4.69) is 6.92 Å². The van der Waals surface area contributed by atoms with Gasteiger partial charge in [0.05, 0.1) is 6.61 Å². The van der Waals surface area contributed by atoms with Gasteiger partial charge >= 0.3 is 11.9 Å². The molecule has 0 bridgehead atoms. The van der Waals surface area contributed by atoms with Gasteiger partial charge in [0.1, 0.15) is 6.10 Å². The first kappa shape index (κ1) is 25.1. The number of carbonyl (C=O) groups is 2. The highest BCUT2D eigenvalue weighted by atomic mass is 16.5. The summed E-state index contributed by atoms with van der Waals surface area (Å²) in [7, 11) is 0. The first-order chi connectivity index (χ1) is 11.4. The van der Waals surface area contributed by atoms with Gasteiger partial charge in [-0.1, -0.05) is 77.6 Å². The fourth-order valence-electron chi connectivity index (χ4n) is 2.16. The van der Waals surface area contributed by atoms with Gasteiger partial charge in [-0.2, -0.15) is 0 Å². The molecule has 0 aromatic carbocycles. The van der Waals surface area contributed by atoms with Crippen molar-refractivity contribution >= 4 is 11.9 Å². The van der Waals surface area contributed by atoms with E-state index in [1.54, 1.807) is 0 Å². The van der Waals surface area contributed by atoms with Crippen molar-refractivity contribution in [2.45, 2.75) is 104 Å². The van der Waals surface area contributed by atoms with Gasteiger partial charge < -0.3 is 14.9 Å². The zero-order valence-electron chi connectivity index (χ0n) is 15.9. The van der Waals surface area contributed by atoms with Crippen molar-refractivity contribution in [3.05, 3.63) is 0 Å². The fraction of sp³-hybridized carbons (Fsp3) is 0.895. The van der Waals surface area contributed by atoms with Crippen LogP contribution in [0.5, 0.6) is 0 Å². The molecule has 0 fully saturated rings. The first-order valence-corrected chi connectivity index (χ1v) is 9.46. The number of aliphatic carboxylic acids is 1. The lowest BCUT2D eigenvalue weighted by Gasteiger charge is -2.03. The highest BCUT2D eigenvalue weighted by Gasteiger charge is 2.01. The van der Waals surface area contributed by atoms with E-state index in [0.29, 0.717) is 6.61 Å². The molecule has 24 heavy (non-hydrogen) atoms. The van der Waals surface area contributed by atoms with Crippen LogP contribution in [0.25, 0.3) is 0 Å². The molecule has 0 heterocycles. The molecule has 2 N–H and O–H groups in total. The Morgan fingerprint density at radius 2 is 1.17 bits per heavy atom. The minimum Gasteiger partial charge on any atom is -0.479 e. The quantitative estimate of drug-likeness (QED) is 0.352. The molecule has 0 aliphatic heterocycles. The molecule has 0 aromatic rings. The van der Waals surface area contributed by atoms with Gasteiger partial charge in [0.25, 0.3) is 0 Å². The molecule has 0 aromatic heterocycles. The maximum Gasteiger partial charge on any atom is 0.332 e. The van der Waals surface area contributed by atoms with E-state index in [4.69, 9.17) is 14.9 Å². The number of carboxylic acids is 1. The zero-order valence-corrected chi connectivity index (χ0v) is 15.9. The van der Waals surface area contributed by atoms with Gasteiger partial charge in [0, 0.05) is 6.92 Å². The molecule has 0 amide bonds. The molecule has 5 heteroatoms. The van der Waals surface area contributed by atoms with E-state index in [1.807, 2.05) is 0 Å². The minimum atomic E-state index is -1.23. The molecular formula is C19H38O5. The Bertz CT molecular complexity index is 289. The van der Waals surface area contributed by atoms with Crippen molar-refractivity contribution in [1.82, 2.24) is 0 Å². The predicted octanol–water partition coefficient (Wildman–Crippen LogP) is 4.70. The Morgan fingerprint density at radius 3 is 1.46 bits per heavy atom. The molecule has 0 saturated carbocycles. The van der Waals surface area contributed by atoms with Gasteiger partial charge in [-0.25, -0.2) is 4.79 Å². The SMILES string of the molecule is CC(O)C(=O)O.CCCCCCCCCCCCCCOC(C)=O. The van der Waals surface area contributed by atoms with Crippen molar-refractivity contribution in [2.24, 2.45) is 0 Å². The number of aliphatic hydroxyl groups is 1. The third kappa shape index (κ3) is 25.8. The molecule has 144 valence electrons. The number of hydrogen-bond donors (Lipinski definition) is 2. The maximum atomic E-state index is 10.5. The van der Waals surface area contributed by atoms with Crippen molar-refractivity contribution in [3.8, 4) is 0 Å². The van der Waals surface area contributed by atoms with Crippen LogP contribution in [-0.2, 0) is 14.3 Å². The standard InChI is InChI=1S/C16H32O2.C3H6O3/c1-3-4-5-6-7-8-9-10-11-12-13-14-15-18-16(2)17;1-2(4)3(5)6/h3-15H2,1-2H3;2,4H,1H3,(H,5,6). The van der Waals surface area contributed by atoms with E-state index in [-0.39, 0.29) is 5.97 Å². The second-order valence-electron chi connectivity index (χ2n) is 6.24. The first-order valence-electron chi connectivity index (χ1n) is 9.46. The Labute approximate surface area is 147 Å². The topological polar surface area (TPSA) is 83.8 Å². The van der Waals surface area contributed by atoms with Crippen molar-refractivity contribution in [3.63, 3.8) is 0 Å². The lowest BCUT2D eigenvalue weighted by Crippen LogP contribution is -2.13. The monoisotopic (exact) mass is 346 g/mol. The van der Waals surface area contributed by atoms with Crippen LogP contribution >= 0.6 is 0 Å². The van der Waals surface area contributed by atoms with Crippen molar-refractivity contribution in [2.75, 3.05) is 6.61 Å². The molecule has 0 aliphatic carbocycles. The number of aliphatic hydroxyl groups excluding tert-OH is 1. The van der Waals surface area contributed by atoms with Crippen molar-refractivity contribution < 1.29 is 24.5 Å². The normalized spacial score (nSPS) is 11.3. The van der Waals surface area contributed by atoms with Gasteiger partial charge in [0.2, 0.25) is 0 Å². The fourth-order valence-corrected chi connectivity index (χ4v) is 2.16. The van der Waals surface area contributed by atoms with E-state index < -0.39 is 12.1 Å². The molecule has 5 nitrogen and oxygen atoms in total. The summed E-state index contributed by atoms with van der Waals surface area (Å²) in [6, 6.07) is 0. The summed E-state index contributed by atoms with van der Waals surface area (Å²) in [5.41, 5.74) is 0. The molecule has 0 radical (unpaired) electrons. The largest absolute Gasteiger partial charge is 0.479 e. The summed E-state index contributed by atoms with van der Waals surface area (Å²) < 4.78 is 4.89. The summed E-state index contributed by atoms with van der Waals surface area (Å²) in [4.78, 5) is 20.0.